The fraction of sp³-hybridized carbons (Fsp3) is 0.333. The fourth-order valence-corrected chi connectivity index (χ4v) is 4.96. The Kier molecular flexibility index (Phi) is 10.3. The van der Waals surface area contributed by atoms with E-state index >= 15 is 0 Å². The molecule has 0 fully saturated rings. The van der Waals surface area contributed by atoms with Gasteiger partial charge in [-0.05, 0) is 88.1 Å². The number of amides is 1. The number of carbonyl (C=O) groups excluding carboxylic acids is 1. The van der Waals surface area contributed by atoms with Crippen LogP contribution in [0.25, 0.3) is 16.7 Å². The van der Waals surface area contributed by atoms with E-state index in [1.54, 1.807) is 70.3 Å². The molecule has 1 unspecified atom stereocenters. The number of carbonyl (C=O) groups is 1. The summed E-state index contributed by atoms with van der Waals surface area (Å²) >= 11 is 12.3. The second-order valence-corrected chi connectivity index (χ2v) is 10.6. The van der Waals surface area contributed by atoms with Crippen LogP contribution in [-0.4, -0.2) is 70.6 Å². The third-order valence-electron chi connectivity index (χ3n) is 6.64. The number of nitrogens with zero attached hydrogens (tertiary/aromatic N) is 5. The molecule has 41 heavy (non-hydrogen) atoms. The highest BCUT2D eigenvalue weighted by Crippen LogP contribution is 2.28. The Balaban J connectivity index is 1.87. The normalized spacial score (nSPS) is 12.1. The van der Waals surface area contributed by atoms with Crippen molar-refractivity contribution in [2.45, 2.75) is 25.8 Å². The van der Waals surface area contributed by atoms with Crippen molar-refractivity contribution in [2.24, 2.45) is 5.73 Å². The first-order valence-corrected chi connectivity index (χ1v) is 14.2. The van der Waals surface area contributed by atoms with Gasteiger partial charge in [0.2, 0.25) is 5.91 Å². The van der Waals surface area contributed by atoms with Crippen molar-refractivity contribution in [3.05, 3.63) is 92.6 Å². The van der Waals surface area contributed by atoms with Crippen LogP contribution in [0.2, 0.25) is 10.0 Å². The van der Waals surface area contributed by atoms with Crippen molar-refractivity contribution < 1.29 is 9.53 Å². The SMILES string of the molecule is CCOc1ccc(-n2c(C(CCN)N(CCN(C)C)C(=O)Cc3ccc(Cl)c(Cl)c3)nc3ncccc3c2=O)cc1. The molecule has 11 heteroatoms. The lowest BCUT2D eigenvalue weighted by atomic mass is 10.1. The van der Waals surface area contributed by atoms with E-state index in [1.165, 1.54) is 0 Å². The molecule has 1 amide bonds. The number of ether oxygens (including phenoxy) is 1. The average Bonchev–Trinajstić information content (AvgIpc) is 2.95. The molecule has 216 valence electrons. The Bertz CT molecular complexity index is 1560. The summed E-state index contributed by atoms with van der Waals surface area (Å²) in [5.41, 5.74) is 7.46. The van der Waals surface area contributed by atoms with Crippen LogP contribution >= 0.6 is 23.2 Å². The molecule has 0 aliphatic rings. The minimum atomic E-state index is -0.610. The maximum absolute atomic E-state index is 14.0. The van der Waals surface area contributed by atoms with Gasteiger partial charge in [-0.1, -0.05) is 29.3 Å². The van der Waals surface area contributed by atoms with Gasteiger partial charge in [0.15, 0.2) is 5.65 Å². The van der Waals surface area contributed by atoms with E-state index < -0.39 is 6.04 Å². The molecule has 0 spiro atoms. The van der Waals surface area contributed by atoms with Crippen molar-refractivity contribution in [1.82, 2.24) is 24.3 Å². The Labute approximate surface area is 249 Å². The second kappa shape index (κ2) is 13.9. The highest BCUT2D eigenvalue weighted by atomic mass is 35.5. The number of nitrogens with two attached hydrogens (primary N) is 1. The molecular formula is C30H34Cl2N6O3. The molecule has 9 nitrogen and oxygen atoms in total. The number of aromatic nitrogens is 3. The van der Waals surface area contributed by atoms with Crippen molar-refractivity contribution in [3.63, 3.8) is 0 Å². The smallest absolute Gasteiger partial charge is 0.267 e. The largest absolute Gasteiger partial charge is 0.494 e. The molecule has 2 aromatic heterocycles. The summed E-state index contributed by atoms with van der Waals surface area (Å²) in [6.45, 7) is 3.67. The van der Waals surface area contributed by atoms with Crippen LogP contribution in [0.3, 0.4) is 0 Å². The van der Waals surface area contributed by atoms with Gasteiger partial charge in [-0.2, -0.15) is 0 Å². The fourth-order valence-electron chi connectivity index (χ4n) is 4.64. The summed E-state index contributed by atoms with van der Waals surface area (Å²) in [6, 6.07) is 15.2. The van der Waals surface area contributed by atoms with Gasteiger partial charge in [0, 0.05) is 19.3 Å². The maximum Gasteiger partial charge on any atom is 0.267 e. The van der Waals surface area contributed by atoms with E-state index in [4.69, 9.17) is 38.7 Å². The van der Waals surface area contributed by atoms with E-state index in [1.807, 2.05) is 25.9 Å². The first-order valence-electron chi connectivity index (χ1n) is 13.4. The van der Waals surface area contributed by atoms with Gasteiger partial charge in [-0.25, -0.2) is 9.97 Å². The number of hydrogen-bond donors (Lipinski definition) is 1. The third-order valence-corrected chi connectivity index (χ3v) is 7.38. The minimum absolute atomic E-state index is 0.0878. The molecule has 4 rings (SSSR count). The van der Waals surface area contributed by atoms with Crippen LogP contribution in [0.1, 0.15) is 30.8 Å². The zero-order valence-electron chi connectivity index (χ0n) is 23.4. The highest BCUT2D eigenvalue weighted by molar-refractivity contribution is 6.42. The number of rotatable bonds is 12. The van der Waals surface area contributed by atoms with E-state index in [2.05, 4.69) is 4.98 Å². The van der Waals surface area contributed by atoms with E-state index in [-0.39, 0.29) is 24.4 Å². The molecule has 2 N–H and O–H groups in total. The molecule has 0 radical (unpaired) electrons. The van der Waals surface area contributed by atoms with Crippen LogP contribution in [0, 0.1) is 0 Å². The van der Waals surface area contributed by atoms with Crippen LogP contribution < -0.4 is 16.0 Å². The number of likely N-dealkylation sites (N-methyl/N-ethyl adjacent to an activating group) is 1. The molecule has 0 aliphatic carbocycles. The van der Waals surface area contributed by atoms with Gasteiger partial charge in [0.25, 0.3) is 5.56 Å². The number of hydrogen-bond acceptors (Lipinski definition) is 7. The van der Waals surface area contributed by atoms with Crippen LogP contribution in [0.5, 0.6) is 5.75 Å². The molecule has 2 heterocycles. The van der Waals surface area contributed by atoms with Gasteiger partial charge in [-0.15, -0.1) is 0 Å². The Morgan fingerprint density at radius 1 is 1.07 bits per heavy atom. The molecule has 4 aromatic rings. The van der Waals surface area contributed by atoms with Crippen LogP contribution in [-0.2, 0) is 11.2 Å². The molecule has 0 bridgehead atoms. The minimum Gasteiger partial charge on any atom is -0.494 e. The molecule has 0 saturated heterocycles. The Hall–Kier alpha value is -3.50. The van der Waals surface area contributed by atoms with Crippen molar-refractivity contribution in [1.29, 1.82) is 0 Å². The number of pyridine rings is 1. The summed E-state index contributed by atoms with van der Waals surface area (Å²) in [5, 5.41) is 1.17. The second-order valence-electron chi connectivity index (χ2n) is 9.82. The van der Waals surface area contributed by atoms with Crippen molar-refractivity contribution >= 4 is 40.1 Å². The summed E-state index contributed by atoms with van der Waals surface area (Å²) in [7, 11) is 3.88. The predicted octanol–water partition coefficient (Wildman–Crippen LogP) is 4.51. The molecule has 1 atom stereocenters. The van der Waals surface area contributed by atoms with Gasteiger partial charge in [0.05, 0.1) is 40.2 Å². The quantitative estimate of drug-likeness (QED) is 0.256. The summed E-state index contributed by atoms with van der Waals surface area (Å²) in [4.78, 5) is 40.9. The molecular weight excluding hydrogens is 563 g/mol. The van der Waals surface area contributed by atoms with Crippen LogP contribution in [0.4, 0.5) is 0 Å². The lowest BCUT2D eigenvalue weighted by Crippen LogP contribution is -2.43. The molecule has 0 aliphatic heterocycles. The predicted molar refractivity (Wildman–Crippen MR) is 163 cm³/mol. The van der Waals surface area contributed by atoms with Gasteiger partial charge in [0.1, 0.15) is 11.6 Å². The first-order chi connectivity index (χ1) is 19.7. The van der Waals surface area contributed by atoms with E-state index in [0.717, 1.165) is 5.56 Å². The zero-order valence-corrected chi connectivity index (χ0v) is 24.9. The molecule has 2 aromatic carbocycles. The maximum atomic E-state index is 14.0. The Morgan fingerprint density at radius 2 is 1.83 bits per heavy atom. The summed E-state index contributed by atoms with van der Waals surface area (Å²) in [6.07, 6.45) is 2.06. The zero-order chi connectivity index (χ0) is 29.5. The van der Waals surface area contributed by atoms with Gasteiger partial charge >= 0.3 is 0 Å². The van der Waals surface area contributed by atoms with Crippen LogP contribution in [0.15, 0.2) is 65.6 Å². The van der Waals surface area contributed by atoms with Crippen molar-refractivity contribution in [2.75, 3.05) is 40.3 Å². The van der Waals surface area contributed by atoms with Gasteiger partial charge in [-0.3, -0.25) is 14.2 Å². The Morgan fingerprint density at radius 3 is 2.49 bits per heavy atom. The van der Waals surface area contributed by atoms with Crippen molar-refractivity contribution in [3.8, 4) is 11.4 Å². The highest BCUT2D eigenvalue weighted by Gasteiger charge is 2.30. The number of fused-ring (bicyclic) bond motifs is 1. The average molecular weight is 598 g/mol. The topological polar surface area (TPSA) is 107 Å². The van der Waals surface area contributed by atoms with E-state index in [9.17, 15) is 9.59 Å². The summed E-state index contributed by atoms with van der Waals surface area (Å²) < 4.78 is 7.16. The van der Waals surface area contributed by atoms with Gasteiger partial charge < -0.3 is 20.3 Å². The monoisotopic (exact) mass is 596 g/mol. The van der Waals surface area contributed by atoms with E-state index in [0.29, 0.717) is 64.5 Å². The first kappa shape index (κ1) is 30.5. The lowest BCUT2D eigenvalue weighted by molar-refractivity contribution is -0.133. The summed E-state index contributed by atoms with van der Waals surface area (Å²) in [5.74, 6) is 0.915. The number of benzene rings is 2. The third kappa shape index (κ3) is 7.23. The standard InChI is InChI=1S/C30H34Cl2N6O3/c1-4-41-22-10-8-21(9-11-22)38-29(35-28-23(30(38)40)6-5-15-34-28)26(13-14-33)37(17-16-36(2)3)27(39)19-20-7-12-24(31)25(32)18-20/h5-12,15,18,26H,4,13-14,16-17,19,33H2,1-3H3. The number of halogens is 2. The lowest BCUT2D eigenvalue weighted by Gasteiger charge is -2.33. The molecule has 0 saturated carbocycles.